The molecule has 4 saturated heterocycles. The summed E-state index contributed by atoms with van der Waals surface area (Å²) in [7, 11) is -1.31. The monoisotopic (exact) mass is 345 g/mol. The maximum absolute atomic E-state index is 14.2. The van der Waals surface area contributed by atoms with Crippen molar-refractivity contribution in [2.75, 3.05) is 58.9 Å². The molecule has 0 bridgehead atoms. The van der Waals surface area contributed by atoms with Gasteiger partial charge in [0.15, 0.2) is 0 Å². The molecule has 4 fully saturated rings. The zero-order valence-corrected chi connectivity index (χ0v) is 15.5. The van der Waals surface area contributed by atoms with Gasteiger partial charge in [0, 0.05) is 52.4 Å². The number of rotatable bonds is 11. The Kier molecular flexibility index (Phi) is 4.76. The van der Waals surface area contributed by atoms with Gasteiger partial charge in [-0.2, -0.15) is 0 Å². The van der Waals surface area contributed by atoms with Crippen molar-refractivity contribution in [3.63, 3.8) is 0 Å². The quantitative estimate of drug-likeness (QED) is 0.249. The molecule has 22 heavy (non-hydrogen) atoms. The van der Waals surface area contributed by atoms with Crippen LogP contribution in [0.2, 0.25) is 0 Å². The average Bonchev–Trinajstić information content (AvgIpc) is 3.36. The SMILES string of the molecule is CCCCCC[N+]([O-])(P(N1CC1)N1CC1)P(N1CC1)N1CC1. The third-order valence-electron chi connectivity index (χ3n) is 4.57. The molecule has 4 aliphatic heterocycles. The van der Waals surface area contributed by atoms with Crippen molar-refractivity contribution in [3.8, 4) is 0 Å². The van der Waals surface area contributed by atoms with Crippen LogP contribution in [0.3, 0.4) is 0 Å². The first kappa shape index (κ1) is 16.1. The molecule has 0 saturated carbocycles. The van der Waals surface area contributed by atoms with Gasteiger partial charge in [-0.05, 0) is 12.8 Å². The number of unbranched alkanes of at least 4 members (excludes halogenated alkanes) is 3. The second-order valence-electron chi connectivity index (χ2n) is 6.80. The van der Waals surface area contributed by atoms with Crippen molar-refractivity contribution in [1.82, 2.24) is 18.7 Å². The number of hydroxylamine groups is 1. The second kappa shape index (κ2) is 6.50. The molecule has 6 nitrogen and oxygen atoms in total. The van der Waals surface area contributed by atoms with Gasteiger partial charge in [0.1, 0.15) is 0 Å². The molecular weight excluding hydrogens is 316 g/mol. The van der Waals surface area contributed by atoms with Crippen LogP contribution in [0.15, 0.2) is 0 Å². The molecule has 0 aromatic carbocycles. The lowest BCUT2D eigenvalue weighted by Crippen LogP contribution is -2.40. The van der Waals surface area contributed by atoms with Gasteiger partial charge >= 0.3 is 0 Å². The van der Waals surface area contributed by atoms with E-state index in [2.05, 4.69) is 25.6 Å². The molecule has 0 aromatic rings. The highest BCUT2D eigenvalue weighted by Gasteiger charge is 2.59. The van der Waals surface area contributed by atoms with Crippen molar-refractivity contribution in [1.29, 1.82) is 0 Å². The summed E-state index contributed by atoms with van der Waals surface area (Å²) in [5.74, 6) is 0. The van der Waals surface area contributed by atoms with E-state index in [4.69, 9.17) is 0 Å². The van der Waals surface area contributed by atoms with E-state index in [1.54, 1.807) is 0 Å². The number of nitrogens with zero attached hydrogens (tertiary/aromatic N) is 5. The Labute approximate surface area is 137 Å². The molecule has 0 unspecified atom stereocenters. The van der Waals surface area contributed by atoms with Crippen LogP contribution in [0.1, 0.15) is 32.6 Å². The average molecular weight is 345 g/mol. The zero-order valence-electron chi connectivity index (χ0n) is 13.7. The van der Waals surface area contributed by atoms with E-state index < -0.39 is 16.7 Å². The first-order chi connectivity index (χ1) is 10.7. The molecule has 0 atom stereocenters. The lowest BCUT2D eigenvalue weighted by molar-refractivity contribution is -0.626. The lowest BCUT2D eigenvalue weighted by atomic mass is 10.2. The van der Waals surface area contributed by atoms with E-state index in [9.17, 15) is 5.21 Å². The highest BCUT2D eigenvalue weighted by Crippen LogP contribution is 2.74. The van der Waals surface area contributed by atoms with E-state index in [1.165, 1.54) is 19.3 Å². The van der Waals surface area contributed by atoms with Crippen LogP contribution in [0.5, 0.6) is 0 Å². The van der Waals surface area contributed by atoms with E-state index in [-0.39, 0.29) is 4.19 Å². The largest absolute Gasteiger partial charge is 0.627 e. The van der Waals surface area contributed by atoms with Gasteiger partial charge in [-0.25, -0.2) is 18.7 Å². The van der Waals surface area contributed by atoms with Crippen molar-refractivity contribution < 1.29 is 4.19 Å². The Balaban J connectivity index is 1.52. The summed E-state index contributed by atoms with van der Waals surface area (Å²) in [5.41, 5.74) is 0. The lowest BCUT2D eigenvalue weighted by Gasteiger charge is -2.51. The molecule has 0 radical (unpaired) electrons. The van der Waals surface area contributed by atoms with Gasteiger partial charge in [0.05, 0.1) is 6.54 Å². The minimum Gasteiger partial charge on any atom is -0.627 e. The standard InChI is InChI=1S/C14H29N5OP2/c1-2-3-4-5-14-19(20,21(15-6-7-15)16-8-9-16)22(17-10-11-17)18-12-13-18/h2-14H2,1H3. The van der Waals surface area contributed by atoms with Gasteiger partial charge < -0.3 is 5.21 Å². The predicted octanol–water partition coefficient (Wildman–Crippen LogP) is 2.60. The Morgan fingerprint density at radius 2 is 1.14 bits per heavy atom. The van der Waals surface area contributed by atoms with Gasteiger partial charge in [-0.15, -0.1) is 0 Å². The Bertz CT molecular complexity index is 347. The summed E-state index contributed by atoms with van der Waals surface area (Å²) >= 11 is 0. The Hall–Kier alpha value is 0.620. The predicted molar refractivity (Wildman–Crippen MR) is 92.8 cm³/mol. The van der Waals surface area contributed by atoms with E-state index >= 15 is 0 Å². The van der Waals surface area contributed by atoms with Gasteiger partial charge in [-0.1, -0.05) is 19.8 Å². The fraction of sp³-hybridized carbons (Fsp3) is 1.00. The highest BCUT2D eigenvalue weighted by atomic mass is 31.2. The summed E-state index contributed by atoms with van der Waals surface area (Å²) in [6.07, 6.45) is 4.86. The number of hydrogen-bond donors (Lipinski definition) is 0. The molecule has 0 N–H and O–H groups in total. The molecule has 4 rings (SSSR count). The van der Waals surface area contributed by atoms with Crippen molar-refractivity contribution in [2.24, 2.45) is 0 Å². The fourth-order valence-electron chi connectivity index (χ4n) is 3.04. The summed E-state index contributed by atoms with van der Waals surface area (Å²) in [6.45, 7) is 12.3. The molecule has 4 aliphatic rings. The van der Waals surface area contributed by atoms with E-state index in [0.717, 1.165) is 65.3 Å². The van der Waals surface area contributed by atoms with E-state index in [0.29, 0.717) is 0 Å². The van der Waals surface area contributed by atoms with Crippen LogP contribution in [0.4, 0.5) is 0 Å². The summed E-state index contributed by atoms with van der Waals surface area (Å²) in [6, 6.07) is 0. The Morgan fingerprint density at radius 3 is 1.45 bits per heavy atom. The van der Waals surface area contributed by atoms with Crippen molar-refractivity contribution in [2.45, 2.75) is 32.6 Å². The highest BCUT2D eigenvalue weighted by molar-refractivity contribution is 7.60. The number of hydrogen-bond acceptors (Lipinski definition) is 5. The van der Waals surface area contributed by atoms with Crippen LogP contribution in [0, 0.1) is 5.21 Å². The summed E-state index contributed by atoms with van der Waals surface area (Å²) in [4.78, 5) is 0. The van der Waals surface area contributed by atoms with Crippen LogP contribution in [0.25, 0.3) is 0 Å². The summed E-state index contributed by atoms with van der Waals surface area (Å²) in [5, 5.41) is 14.2. The first-order valence-electron chi connectivity index (χ1n) is 8.94. The molecule has 126 valence electrons. The molecule has 0 amide bonds. The van der Waals surface area contributed by atoms with Gasteiger partial charge in [0.25, 0.3) is 16.7 Å². The van der Waals surface area contributed by atoms with E-state index in [1.807, 2.05) is 0 Å². The van der Waals surface area contributed by atoms with Gasteiger partial charge in [0.2, 0.25) is 0 Å². The second-order valence-corrected chi connectivity index (χ2v) is 11.7. The maximum atomic E-state index is 14.2. The third-order valence-corrected chi connectivity index (χ3v) is 10.7. The minimum absolute atomic E-state index is 0.106. The molecule has 4 heterocycles. The molecule has 0 aliphatic carbocycles. The van der Waals surface area contributed by atoms with Gasteiger partial charge in [-0.3, -0.25) is 4.19 Å². The molecular formula is C14H29N5OP2. The molecule has 0 aromatic heterocycles. The topological polar surface area (TPSA) is 35.1 Å². The molecule has 0 spiro atoms. The zero-order chi connectivity index (χ0) is 15.2. The smallest absolute Gasteiger partial charge is 0.274 e. The Morgan fingerprint density at radius 1 is 0.727 bits per heavy atom. The van der Waals surface area contributed by atoms with Crippen molar-refractivity contribution >= 4 is 16.7 Å². The first-order valence-corrected chi connectivity index (χ1v) is 11.3. The summed E-state index contributed by atoms with van der Waals surface area (Å²) < 4.78 is 10.0. The third kappa shape index (κ3) is 3.50. The number of quaternary nitrogens is 1. The van der Waals surface area contributed by atoms with Crippen LogP contribution in [-0.4, -0.2) is 81.8 Å². The minimum atomic E-state index is -0.653. The van der Waals surface area contributed by atoms with Crippen LogP contribution >= 0.6 is 16.7 Å². The van der Waals surface area contributed by atoms with Crippen LogP contribution < -0.4 is 0 Å². The maximum Gasteiger partial charge on any atom is 0.274 e. The van der Waals surface area contributed by atoms with Crippen molar-refractivity contribution in [3.05, 3.63) is 5.21 Å². The molecule has 8 heteroatoms. The van der Waals surface area contributed by atoms with Crippen LogP contribution in [-0.2, 0) is 0 Å². The fourth-order valence-corrected chi connectivity index (χ4v) is 9.69. The normalized spacial score (nSPS) is 26.2.